The Morgan fingerprint density at radius 1 is 1.00 bits per heavy atom. The van der Waals surface area contributed by atoms with E-state index in [2.05, 4.69) is 10.6 Å². The van der Waals surface area contributed by atoms with E-state index in [0.717, 1.165) is 41.4 Å². The van der Waals surface area contributed by atoms with Crippen LogP contribution in [0.1, 0.15) is 12.8 Å². The molecule has 2 atom stereocenters. The molecule has 0 aliphatic carbocycles. The molecule has 0 radical (unpaired) electrons. The van der Waals surface area contributed by atoms with E-state index >= 15 is 0 Å². The molecule has 2 N–H and O–H groups in total. The number of halogens is 2. The summed E-state index contributed by atoms with van der Waals surface area (Å²) in [6.45, 7) is 0.496. The molecule has 2 unspecified atom stereocenters. The summed E-state index contributed by atoms with van der Waals surface area (Å²) in [6.07, 6.45) is 1.52. The van der Waals surface area contributed by atoms with E-state index < -0.39 is 39.6 Å². The van der Waals surface area contributed by atoms with Crippen LogP contribution in [0.3, 0.4) is 0 Å². The number of anilines is 1. The standard InChI is InChI=1S/C23H26F2N4O5S/c24-16-3-7-18(8-4-16)27-23(31)28-11-12-29(35(32,33)20-9-5-17(25)6-10-20)21(15-28)22(30)26-14-19-2-1-13-34-19/h3-10,19,21H,1-2,11-15H2,(H,26,30)(H,27,31). The number of benzene rings is 2. The molecule has 2 aromatic carbocycles. The molecule has 0 spiro atoms. The third-order valence-electron chi connectivity index (χ3n) is 5.96. The van der Waals surface area contributed by atoms with Gasteiger partial charge in [-0.3, -0.25) is 4.79 Å². The van der Waals surface area contributed by atoms with Gasteiger partial charge in [0.2, 0.25) is 15.9 Å². The van der Waals surface area contributed by atoms with Gasteiger partial charge >= 0.3 is 6.03 Å². The zero-order valence-electron chi connectivity index (χ0n) is 18.8. The number of piperazine rings is 1. The fourth-order valence-corrected chi connectivity index (χ4v) is 5.64. The molecule has 2 aliphatic heterocycles. The van der Waals surface area contributed by atoms with Crippen molar-refractivity contribution in [2.75, 3.05) is 38.1 Å². The van der Waals surface area contributed by atoms with E-state index in [-0.39, 0.29) is 37.2 Å². The van der Waals surface area contributed by atoms with E-state index in [1.807, 2.05) is 0 Å². The van der Waals surface area contributed by atoms with Crippen molar-refractivity contribution in [2.24, 2.45) is 0 Å². The van der Waals surface area contributed by atoms with Crippen molar-refractivity contribution >= 4 is 27.6 Å². The summed E-state index contributed by atoms with van der Waals surface area (Å²) in [5, 5.41) is 5.37. The van der Waals surface area contributed by atoms with Gasteiger partial charge in [-0.1, -0.05) is 0 Å². The highest BCUT2D eigenvalue weighted by atomic mass is 32.2. The predicted octanol–water partition coefficient (Wildman–Crippen LogP) is 2.17. The van der Waals surface area contributed by atoms with Gasteiger partial charge in [0.25, 0.3) is 0 Å². The first-order valence-corrected chi connectivity index (χ1v) is 12.7. The topological polar surface area (TPSA) is 108 Å². The molecule has 9 nitrogen and oxygen atoms in total. The summed E-state index contributed by atoms with van der Waals surface area (Å²) in [7, 11) is -4.15. The van der Waals surface area contributed by atoms with E-state index in [9.17, 15) is 26.8 Å². The highest BCUT2D eigenvalue weighted by molar-refractivity contribution is 7.89. The Labute approximate surface area is 202 Å². The van der Waals surface area contributed by atoms with Crippen molar-refractivity contribution in [1.29, 1.82) is 0 Å². The van der Waals surface area contributed by atoms with Crippen LogP contribution in [-0.4, -0.2) is 74.5 Å². The second kappa shape index (κ2) is 10.7. The average Bonchev–Trinajstić information content (AvgIpc) is 3.37. The number of nitrogens with zero attached hydrogens (tertiary/aromatic N) is 2. The normalized spacial score (nSPS) is 21.0. The number of ether oxygens (including phenoxy) is 1. The van der Waals surface area contributed by atoms with Crippen LogP contribution in [-0.2, 0) is 19.6 Å². The zero-order chi connectivity index (χ0) is 25.0. The Morgan fingerprint density at radius 2 is 1.66 bits per heavy atom. The lowest BCUT2D eigenvalue weighted by atomic mass is 10.2. The van der Waals surface area contributed by atoms with Crippen LogP contribution in [0.25, 0.3) is 0 Å². The van der Waals surface area contributed by atoms with Gasteiger partial charge in [0.15, 0.2) is 0 Å². The molecule has 3 amide bonds. The lowest BCUT2D eigenvalue weighted by molar-refractivity contribution is -0.126. The molecule has 2 aromatic rings. The lowest BCUT2D eigenvalue weighted by Gasteiger charge is -2.39. The Bertz CT molecular complexity index is 1160. The predicted molar refractivity (Wildman–Crippen MR) is 123 cm³/mol. The van der Waals surface area contributed by atoms with Gasteiger partial charge in [-0.15, -0.1) is 0 Å². The van der Waals surface area contributed by atoms with E-state index in [1.165, 1.54) is 29.2 Å². The fraction of sp³-hybridized carbons (Fsp3) is 0.391. The molecule has 12 heteroatoms. The summed E-state index contributed by atoms with van der Waals surface area (Å²) in [6, 6.07) is 7.78. The largest absolute Gasteiger partial charge is 0.376 e. The number of amides is 3. The number of urea groups is 1. The van der Waals surface area contributed by atoms with Crippen molar-refractivity contribution < 1.29 is 31.5 Å². The van der Waals surface area contributed by atoms with Crippen molar-refractivity contribution in [3.05, 3.63) is 60.2 Å². The molecule has 2 aliphatic rings. The van der Waals surface area contributed by atoms with Gasteiger partial charge < -0.3 is 20.3 Å². The van der Waals surface area contributed by atoms with E-state index in [1.54, 1.807) is 0 Å². The summed E-state index contributed by atoms with van der Waals surface area (Å²) in [5.74, 6) is -1.60. The number of carbonyl (C=O) groups is 2. The van der Waals surface area contributed by atoms with Gasteiger partial charge in [-0.2, -0.15) is 4.31 Å². The maximum Gasteiger partial charge on any atom is 0.321 e. The van der Waals surface area contributed by atoms with Gasteiger partial charge in [-0.05, 0) is 61.4 Å². The molecule has 0 bridgehead atoms. The molecule has 2 fully saturated rings. The summed E-state index contributed by atoms with van der Waals surface area (Å²) in [4.78, 5) is 27.1. The molecule has 0 saturated carbocycles. The van der Waals surface area contributed by atoms with Crippen LogP contribution >= 0.6 is 0 Å². The zero-order valence-corrected chi connectivity index (χ0v) is 19.6. The Kier molecular flexibility index (Phi) is 7.63. The first-order valence-electron chi connectivity index (χ1n) is 11.2. The minimum absolute atomic E-state index is 0.0168. The Balaban J connectivity index is 1.52. The van der Waals surface area contributed by atoms with Gasteiger partial charge in [0, 0.05) is 38.5 Å². The maximum atomic E-state index is 13.4. The molecule has 188 valence electrons. The monoisotopic (exact) mass is 508 g/mol. The van der Waals surface area contributed by atoms with Gasteiger partial charge in [-0.25, -0.2) is 22.0 Å². The highest BCUT2D eigenvalue weighted by Gasteiger charge is 2.41. The molecule has 0 aromatic heterocycles. The summed E-state index contributed by atoms with van der Waals surface area (Å²) in [5.41, 5.74) is 0.358. The number of hydrogen-bond acceptors (Lipinski definition) is 5. The van der Waals surface area contributed by atoms with Crippen LogP contribution in [0.5, 0.6) is 0 Å². The Morgan fingerprint density at radius 3 is 2.29 bits per heavy atom. The minimum atomic E-state index is -4.15. The first kappa shape index (κ1) is 25.0. The van der Waals surface area contributed by atoms with Gasteiger partial charge in [0.1, 0.15) is 17.7 Å². The second-order valence-electron chi connectivity index (χ2n) is 8.35. The third-order valence-corrected chi connectivity index (χ3v) is 7.89. The quantitative estimate of drug-likeness (QED) is 0.622. The smallest absolute Gasteiger partial charge is 0.321 e. The summed E-state index contributed by atoms with van der Waals surface area (Å²) < 4.78 is 59.7. The number of sulfonamides is 1. The average molecular weight is 509 g/mol. The fourth-order valence-electron chi connectivity index (χ4n) is 4.07. The first-order chi connectivity index (χ1) is 16.7. The van der Waals surface area contributed by atoms with Crippen LogP contribution in [0.4, 0.5) is 19.3 Å². The van der Waals surface area contributed by atoms with Crippen LogP contribution in [0.15, 0.2) is 53.4 Å². The third kappa shape index (κ3) is 5.95. The van der Waals surface area contributed by atoms with Crippen molar-refractivity contribution in [3.8, 4) is 0 Å². The molecule has 2 saturated heterocycles. The van der Waals surface area contributed by atoms with Crippen molar-refractivity contribution in [3.63, 3.8) is 0 Å². The van der Waals surface area contributed by atoms with E-state index in [0.29, 0.717) is 12.3 Å². The lowest BCUT2D eigenvalue weighted by Crippen LogP contribution is -2.62. The maximum absolute atomic E-state index is 13.4. The van der Waals surface area contributed by atoms with Crippen LogP contribution < -0.4 is 10.6 Å². The Hall–Kier alpha value is -3.09. The van der Waals surface area contributed by atoms with Crippen molar-refractivity contribution in [2.45, 2.75) is 29.9 Å². The number of rotatable bonds is 6. The van der Waals surface area contributed by atoms with Crippen LogP contribution in [0, 0.1) is 11.6 Å². The SMILES string of the molecule is O=C(NCC1CCCO1)C1CN(C(=O)Nc2ccc(F)cc2)CCN1S(=O)(=O)c1ccc(F)cc1. The second-order valence-corrected chi connectivity index (χ2v) is 10.2. The molecule has 35 heavy (non-hydrogen) atoms. The molecular weight excluding hydrogens is 482 g/mol. The number of nitrogens with one attached hydrogen (secondary N) is 2. The van der Waals surface area contributed by atoms with Gasteiger partial charge in [0.05, 0.1) is 11.0 Å². The number of hydrogen-bond donors (Lipinski definition) is 2. The summed E-state index contributed by atoms with van der Waals surface area (Å²) >= 11 is 0. The van der Waals surface area contributed by atoms with Crippen LogP contribution in [0.2, 0.25) is 0 Å². The van der Waals surface area contributed by atoms with E-state index in [4.69, 9.17) is 4.74 Å². The number of carbonyl (C=O) groups excluding carboxylic acids is 2. The van der Waals surface area contributed by atoms with Crippen molar-refractivity contribution in [1.82, 2.24) is 14.5 Å². The highest BCUT2D eigenvalue weighted by Crippen LogP contribution is 2.23. The minimum Gasteiger partial charge on any atom is -0.376 e. The molecular formula is C23H26F2N4O5S. The molecule has 2 heterocycles. The molecule has 4 rings (SSSR count).